The van der Waals surface area contributed by atoms with E-state index in [4.69, 9.17) is 10.3 Å². The number of anilines is 1. The molecule has 0 fully saturated rings. The van der Waals surface area contributed by atoms with Gasteiger partial charge in [0.15, 0.2) is 17.5 Å². The zero-order valence-electron chi connectivity index (χ0n) is 9.89. The van der Waals surface area contributed by atoms with Crippen molar-refractivity contribution in [1.82, 2.24) is 19.7 Å². The number of benzene rings is 1. The third kappa shape index (κ3) is 1.81. The quantitative estimate of drug-likeness (QED) is 0.761. The van der Waals surface area contributed by atoms with Crippen LogP contribution >= 0.6 is 0 Å². The summed E-state index contributed by atoms with van der Waals surface area (Å²) in [6.45, 7) is 1.69. The van der Waals surface area contributed by atoms with Crippen molar-refractivity contribution in [2.75, 3.05) is 5.73 Å². The Labute approximate surface area is 105 Å². The van der Waals surface area contributed by atoms with Crippen molar-refractivity contribution in [1.29, 1.82) is 0 Å². The van der Waals surface area contributed by atoms with Gasteiger partial charge in [0.1, 0.15) is 12.1 Å². The highest BCUT2D eigenvalue weighted by atomic mass is 19.2. The number of nitrogens with zero attached hydrogens (tertiary/aromatic N) is 4. The van der Waals surface area contributed by atoms with Crippen LogP contribution in [0, 0.1) is 18.6 Å². The van der Waals surface area contributed by atoms with Gasteiger partial charge >= 0.3 is 0 Å². The van der Waals surface area contributed by atoms with E-state index in [2.05, 4.69) is 15.1 Å². The normalized spacial score (nSPS) is 11.3. The lowest BCUT2D eigenvalue weighted by atomic mass is 10.3. The summed E-state index contributed by atoms with van der Waals surface area (Å²) in [7, 11) is 0. The van der Waals surface area contributed by atoms with Gasteiger partial charge in [-0.3, -0.25) is 4.57 Å². The average molecular weight is 265 g/mol. The second-order valence-electron chi connectivity index (χ2n) is 4.02. The van der Waals surface area contributed by atoms with Crippen molar-refractivity contribution in [3.05, 3.63) is 35.5 Å². The van der Waals surface area contributed by atoms with Crippen LogP contribution in [-0.2, 0) is 6.54 Å². The van der Waals surface area contributed by atoms with Crippen LogP contribution in [0.4, 0.5) is 14.7 Å². The Morgan fingerprint density at radius 1 is 1.32 bits per heavy atom. The first-order valence-corrected chi connectivity index (χ1v) is 5.45. The second-order valence-corrected chi connectivity index (χ2v) is 4.02. The van der Waals surface area contributed by atoms with Gasteiger partial charge in [0.05, 0.1) is 5.52 Å². The van der Waals surface area contributed by atoms with E-state index in [1.165, 1.54) is 10.6 Å². The van der Waals surface area contributed by atoms with Gasteiger partial charge in [-0.15, -0.1) is 0 Å². The number of nitrogen functional groups attached to an aromatic ring is 1. The predicted octanol–water partition coefficient (Wildman–Crippen LogP) is 1.64. The number of halogens is 2. The van der Waals surface area contributed by atoms with Gasteiger partial charge in [-0.1, -0.05) is 5.16 Å². The maximum absolute atomic E-state index is 13.8. The maximum Gasteiger partial charge on any atom is 0.246 e. The molecular formula is C11H9F2N5O. The van der Waals surface area contributed by atoms with Crippen LogP contribution < -0.4 is 5.73 Å². The largest absolute Gasteiger partial charge is 0.369 e. The Morgan fingerprint density at radius 3 is 2.79 bits per heavy atom. The standard InChI is InChI=1S/C11H9F2N5O/c1-5-15-8(19-17-5)4-18-10-7(16-11(18)14)3-2-6(12)9(10)13/h2-3H,4H2,1H3,(H2,14,16). The SMILES string of the molecule is Cc1noc(Cn2c(N)nc3ccc(F)c(F)c32)n1. The Balaban J connectivity index is 2.17. The summed E-state index contributed by atoms with van der Waals surface area (Å²) in [6.07, 6.45) is 0. The Morgan fingerprint density at radius 2 is 2.11 bits per heavy atom. The van der Waals surface area contributed by atoms with Crippen molar-refractivity contribution in [2.45, 2.75) is 13.5 Å². The van der Waals surface area contributed by atoms with Crippen molar-refractivity contribution in [3.8, 4) is 0 Å². The van der Waals surface area contributed by atoms with E-state index in [0.29, 0.717) is 5.82 Å². The molecule has 2 N–H and O–H groups in total. The predicted molar refractivity (Wildman–Crippen MR) is 62.2 cm³/mol. The van der Waals surface area contributed by atoms with Crippen LogP contribution in [-0.4, -0.2) is 19.7 Å². The van der Waals surface area contributed by atoms with Gasteiger partial charge in [-0.2, -0.15) is 4.98 Å². The smallest absolute Gasteiger partial charge is 0.246 e. The van der Waals surface area contributed by atoms with Crippen molar-refractivity contribution < 1.29 is 13.3 Å². The molecule has 0 saturated heterocycles. The Hall–Kier alpha value is -2.51. The fourth-order valence-corrected chi connectivity index (χ4v) is 1.87. The number of nitrogens with two attached hydrogens (primary N) is 1. The molecule has 0 unspecified atom stereocenters. The first kappa shape index (κ1) is 11.6. The molecule has 3 aromatic rings. The summed E-state index contributed by atoms with van der Waals surface area (Å²) in [5.41, 5.74) is 5.95. The highest BCUT2D eigenvalue weighted by Gasteiger charge is 2.17. The van der Waals surface area contributed by atoms with E-state index in [0.717, 1.165) is 6.07 Å². The molecule has 0 spiro atoms. The molecule has 0 bridgehead atoms. The van der Waals surface area contributed by atoms with Gasteiger partial charge in [0, 0.05) is 0 Å². The number of aryl methyl sites for hydroxylation is 1. The Kier molecular flexibility index (Phi) is 2.44. The van der Waals surface area contributed by atoms with Crippen LogP contribution in [0.5, 0.6) is 0 Å². The highest BCUT2D eigenvalue weighted by Crippen LogP contribution is 2.23. The summed E-state index contributed by atoms with van der Waals surface area (Å²) in [5, 5.41) is 3.62. The molecule has 0 atom stereocenters. The summed E-state index contributed by atoms with van der Waals surface area (Å²) in [6, 6.07) is 2.37. The third-order valence-electron chi connectivity index (χ3n) is 2.69. The first-order chi connectivity index (χ1) is 9.06. The number of hydrogen-bond donors (Lipinski definition) is 1. The van der Waals surface area contributed by atoms with Crippen molar-refractivity contribution >= 4 is 17.0 Å². The second kappa shape index (κ2) is 4.01. The molecule has 2 heterocycles. The summed E-state index contributed by atoms with van der Waals surface area (Å²) < 4.78 is 33.3. The fraction of sp³-hybridized carbons (Fsp3) is 0.182. The van der Waals surface area contributed by atoms with Crippen molar-refractivity contribution in [3.63, 3.8) is 0 Å². The van der Waals surface area contributed by atoms with E-state index >= 15 is 0 Å². The summed E-state index contributed by atoms with van der Waals surface area (Å²) in [4.78, 5) is 7.95. The maximum atomic E-state index is 13.8. The van der Waals surface area contributed by atoms with Gasteiger partial charge in [-0.05, 0) is 19.1 Å². The lowest BCUT2D eigenvalue weighted by molar-refractivity contribution is 0.369. The minimum absolute atomic E-state index is 0.0200. The van der Waals surface area contributed by atoms with E-state index in [1.807, 2.05) is 0 Å². The van der Waals surface area contributed by atoms with Gasteiger partial charge < -0.3 is 10.3 Å². The van der Waals surface area contributed by atoms with E-state index in [9.17, 15) is 8.78 Å². The molecule has 0 aliphatic heterocycles. The van der Waals surface area contributed by atoms with E-state index in [1.54, 1.807) is 6.92 Å². The first-order valence-electron chi connectivity index (χ1n) is 5.45. The molecule has 1 aromatic carbocycles. The highest BCUT2D eigenvalue weighted by molar-refractivity contribution is 5.79. The number of imidazole rings is 1. The number of hydrogen-bond acceptors (Lipinski definition) is 5. The monoisotopic (exact) mass is 265 g/mol. The van der Waals surface area contributed by atoms with Gasteiger partial charge in [-0.25, -0.2) is 13.8 Å². The van der Waals surface area contributed by atoms with Crippen LogP contribution in [0.1, 0.15) is 11.7 Å². The molecule has 0 aliphatic rings. The van der Waals surface area contributed by atoms with Gasteiger partial charge in [0.25, 0.3) is 0 Å². The van der Waals surface area contributed by atoms with Crippen LogP contribution in [0.15, 0.2) is 16.7 Å². The molecule has 8 heteroatoms. The van der Waals surface area contributed by atoms with Crippen LogP contribution in [0.3, 0.4) is 0 Å². The Bertz CT molecular complexity index is 764. The lowest BCUT2D eigenvalue weighted by Crippen LogP contribution is -2.06. The number of aromatic nitrogens is 4. The van der Waals surface area contributed by atoms with Crippen molar-refractivity contribution in [2.24, 2.45) is 0 Å². The van der Waals surface area contributed by atoms with E-state index < -0.39 is 11.6 Å². The zero-order valence-corrected chi connectivity index (χ0v) is 9.89. The average Bonchev–Trinajstić information content (AvgIpc) is 2.90. The molecule has 0 amide bonds. The third-order valence-corrected chi connectivity index (χ3v) is 2.69. The molecule has 3 rings (SSSR count). The molecule has 98 valence electrons. The summed E-state index contributed by atoms with van der Waals surface area (Å²) >= 11 is 0. The molecule has 0 saturated carbocycles. The molecular weight excluding hydrogens is 256 g/mol. The zero-order chi connectivity index (χ0) is 13.6. The molecule has 6 nitrogen and oxygen atoms in total. The molecule has 0 aliphatic carbocycles. The number of fused-ring (bicyclic) bond motifs is 1. The fourth-order valence-electron chi connectivity index (χ4n) is 1.87. The molecule has 19 heavy (non-hydrogen) atoms. The number of rotatable bonds is 2. The topological polar surface area (TPSA) is 82.8 Å². The molecule has 0 radical (unpaired) electrons. The van der Waals surface area contributed by atoms with E-state index in [-0.39, 0.29) is 29.4 Å². The minimum Gasteiger partial charge on any atom is -0.369 e. The minimum atomic E-state index is -1.00. The van der Waals surface area contributed by atoms with Gasteiger partial charge in [0.2, 0.25) is 11.8 Å². The van der Waals surface area contributed by atoms with Crippen LogP contribution in [0.2, 0.25) is 0 Å². The van der Waals surface area contributed by atoms with Crippen LogP contribution in [0.25, 0.3) is 11.0 Å². The lowest BCUT2D eigenvalue weighted by Gasteiger charge is -2.03. The molecule has 2 aromatic heterocycles. The summed E-state index contributed by atoms with van der Waals surface area (Å²) in [5.74, 6) is -1.22.